The lowest BCUT2D eigenvalue weighted by Crippen LogP contribution is -2.65. The van der Waals surface area contributed by atoms with Gasteiger partial charge in [-0.15, -0.1) is 0 Å². The third-order valence-electron chi connectivity index (χ3n) is 3.85. The van der Waals surface area contributed by atoms with Crippen molar-refractivity contribution in [3.05, 3.63) is 0 Å². The summed E-state index contributed by atoms with van der Waals surface area (Å²) in [5, 5.41) is 2.80. The summed E-state index contributed by atoms with van der Waals surface area (Å²) in [6.45, 7) is 8.91. The van der Waals surface area contributed by atoms with Crippen molar-refractivity contribution >= 4 is 11.8 Å². The maximum Gasteiger partial charge on any atom is 0.248 e. The van der Waals surface area contributed by atoms with Gasteiger partial charge in [-0.05, 0) is 19.3 Å². The molecule has 4 nitrogen and oxygen atoms in total. The Bertz CT molecular complexity index is 300. The minimum atomic E-state index is -0.707. The number of rotatable bonds is 5. The van der Waals surface area contributed by atoms with E-state index in [0.717, 1.165) is 12.8 Å². The molecule has 0 aromatic rings. The molecule has 1 N–H and O–H groups in total. The van der Waals surface area contributed by atoms with Crippen molar-refractivity contribution in [1.29, 1.82) is 0 Å². The normalized spacial score (nSPS) is 25.4. The smallest absolute Gasteiger partial charge is 0.248 e. The largest absolute Gasteiger partial charge is 0.340 e. The van der Waals surface area contributed by atoms with Crippen LogP contribution in [0, 0.1) is 5.92 Å². The predicted octanol–water partition coefficient (Wildman–Crippen LogP) is 1.55. The molecule has 17 heavy (non-hydrogen) atoms. The first kappa shape index (κ1) is 14.0. The van der Waals surface area contributed by atoms with Crippen molar-refractivity contribution in [1.82, 2.24) is 10.2 Å². The molecule has 1 aliphatic heterocycles. The third kappa shape index (κ3) is 2.99. The van der Waals surface area contributed by atoms with E-state index >= 15 is 0 Å². The summed E-state index contributed by atoms with van der Waals surface area (Å²) >= 11 is 0. The summed E-state index contributed by atoms with van der Waals surface area (Å²) in [5.41, 5.74) is -0.707. The second kappa shape index (κ2) is 5.52. The van der Waals surface area contributed by atoms with Crippen LogP contribution in [0.15, 0.2) is 0 Å². The molecule has 0 radical (unpaired) electrons. The second-order valence-corrected chi connectivity index (χ2v) is 5.10. The molecule has 0 aromatic heterocycles. The van der Waals surface area contributed by atoms with Gasteiger partial charge in [-0.3, -0.25) is 9.59 Å². The Hall–Kier alpha value is -1.06. The van der Waals surface area contributed by atoms with Crippen molar-refractivity contribution < 1.29 is 9.59 Å². The highest BCUT2D eigenvalue weighted by Crippen LogP contribution is 2.20. The van der Waals surface area contributed by atoms with Gasteiger partial charge in [0, 0.05) is 6.54 Å². The van der Waals surface area contributed by atoms with Gasteiger partial charge < -0.3 is 10.2 Å². The maximum atomic E-state index is 12.3. The number of nitrogens with one attached hydrogen (secondary N) is 1. The molecule has 1 saturated heterocycles. The average Bonchev–Trinajstić information content (AvgIpc) is 2.31. The second-order valence-electron chi connectivity index (χ2n) is 5.10. The van der Waals surface area contributed by atoms with Crippen LogP contribution in [-0.4, -0.2) is 35.3 Å². The Labute approximate surface area is 104 Å². The minimum Gasteiger partial charge on any atom is -0.340 e. The number of nitrogens with zero attached hydrogens (tertiary/aromatic N) is 1. The molecule has 1 atom stereocenters. The summed E-state index contributed by atoms with van der Waals surface area (Å²) in [6, 6.07) is 0. The quantitative estimate of drug-likeness (QED) is 0.792. The number of piperazine rings is 1. The standard InChI is InChI=1S/C13H24N2O2/c1-5-10(6-2)8-15-9-11(16)14-13(4,7-3)12(15)17/h10H,5-9H2,1-4H3,(H,14,16). The highest BCUT2D eigenvalue weighted by atomic mass is 16.2. The molecule has 1 aliphatic rings. The third-order valence-corrected chi connectivity index (χ3v) is 3.85. The highest BCUT2D eigenvalue weighted by Gasteiger charge is 2.41. The topological polar surface area (TPSA) is 49.4 Å². The van der Waals surface area contributed by atoms with Gasteiger partial charge in [-0.1, -0.05) is 33.6 Å². The molecule has 0 spiro atoms. The molecule has 1 fully saturated rings. The monoisotopic (exact) mass is 240 g/mol. The van der Waals surface area contributed by atoms with Crippen LogP contribution < -0.4 is 5.32 Å². The van der Waals surface area contributed by atoms with E-state index in [4.69, 9.17) is 0 Å². The van der Waals surface area contributed by atoms with Crippen LogP contribution in [0.25, 0.3) is 0 Å². The van der Waals surface area contributed by atoms with E-state index in [0.29, 0.717) is 18.9 Å². The summed E-state index contributed by atoms with van der Waals surface area (Å²) in [4.78, 5) is 25.7. The van der Waals surface area contributed by atoms with Crippen LogP contribution in [-0.2, 0) is 9.59 Å². The van der Waals surface area contributed by atoms with Gasteiger partial charge in [0.2, 0.25) is 11.8 Å². The van der Waals surface area contributed by atoms with Crippen LogP contribution in [0.2, 0.25) is 0 Å². The van der Waals surface area contributed by atoms with Crippen LogP contribution in [0.4, 0.5) is 0 Å². The fourth-order valence-corrected chi connectivity index (χ4v) is 2.24. The van der Waals surface area contributed by atoms with E-state index in [1.54, 1.807) is 4.90 Å². The van der Waals surface area contributed by atoms with Gasteiger partial charge in [0.05, 0.1) is 6.54 Å². The zero-order valence-electron chi connectivity index (χ0n) is 11.4. The Kier molecular flexibility index (Phi) is 4.54. The molecular weight excluding hydrogens is 216 g/mol. The SMILES string of the molecule is CCC(CC)CN1CC(=O)NC(C)(CC)C1=O. The zero-order chi connectivity index (χ0) is 13.1. The van der Waals surface area contributed by atoms with Crippen molar-refractivity contribution in [2.45, 2.75) is 52.5 Å². The van der Waals surface area contributed by atoms with Gasteiger partial charge in [0.15, 0.2) is 0 Å². The first-order chi connectivity index (χ1) is 7.96. The van der Waals surface area contributed by atoms with Crippen molar-refractivity contribution in [3.8, 4) is 0 Å². The Morgan fingerprint density at radius 1 is 1.29 bits per heavy atom. The molecule has 98 valence electrons. The van der Waals surface area contributed by atoms with Gasteiger partial charge in [-0.2, -0.15) is 0 Å². The fraction of sp³-hybridized carbons (Fsp3) is 0.846. The molecule has 0 aromatic carbocycles. The summed E-state index contributed by atoms with van der Waals surface area (Å²) in [7, 11) is 0. The lowest BCUT2D eigenvalue weighted by Gasteiger charge is -2.40. The number of amides is 2. The number of carbonyl (C=O) groups excluding carboxylic acids is 2. The van der Waals surface area contributed by atoms with Gasteiger partial charge in [-0.25, -0.2) is 0 Å². The van der Waals surface area contributed by atoms with Gasteiger partial charge in [0.25, 0.3) is 0 Å². The van der Waals surface area contributed by atoms with Crippen molar-refractivity contribution in [2.24, 2.45) is 5.92 Å². The Morgan fingerprint density at radius 2 is 1.88 bits per heavy atom. The number of carbonyl (C=O) groups is 2. The van der Waals surface area contributed by atoms with Crippen LogP contribution in [0.3, 0.4) is 0 Å². The Balaban J connectivity index is 2.78. The van der Waals surface area contributed by atoms with Crippen molar-refractivity contribution in [2.75, 3.05) is 13.1 Å². The Morgan fingerprint density at radius 3 is 2.35 bits per heavy atom. The van der Waals surface area contributed by atoms with Crippen LogP contribution in [0.1, 0.15) is 47.0 Å². The molecular formula is C13H24N2O2. The summed E-state index contributed by atoms with van der Waals surface area (Å²) in [6.07, 6.45) is 2.73. The zero-order valence-corrected chi connectivity index (χ0v) is 11.4. The maximum absolute atomic E-state index is 12.3. The molecule has 1 rings (SSSR count). The van der Waals surface area contributed by atoms with Gasteiger partial charge in [0.1, 0.15) is 5.54 Å². The first-order valence-corrected chi connectivity index (χ1v) is 6.57. The molecule has 4 heteroatoms. The fourth-order valence-electron chi connectivity index (χ4n) is 2.24. The van der Waals surface area contributed by atoms with E-state index < -0.39 is 5.54 Å². The lowest BCUT2D eigenvalue weighted by atomic mass is 9.93. The van der Waals surface area contributed by atoms with Crippen LogP contribution >= 0.6 is 0 Å². The number of hydrogen-bond acceptors (Lipinski definition) is 2. The summed E-state index contributed by atoms with van der Waals surface area (Å²) < 4.78 is 0. The number of hydrogen-bond donors (Lipinski definition) is 1. The predicted molar refractivity (Wildman–Crippen MR) is 67.5 cm³/mol. The van der Waals surface area contributed by atoms with E-state index in [-0.39, 0.29) is 18.4 Å². The highest BCUT2D eigenvalue weighted by molar-refractivity contribution is 5.97. The van der Waals surface area contributed by atoms with Gasteiger partial charge >= 0.3 is 0 Å². The first-order valence-electron chi connectivity index (χ1n) is 6.57. The van der Waals surface area contributed by atoms with E-state index in [9.17, 15) is 9.59 Å². The molecule has 0 aliphatic carbocycles. The van der Waals surface area contributed by atoms with E-state index in [1.165, 1.54) is 0 Å². The van der Waals surface area contributed by atoms with E-state index in [1.807, 2.05) is 13.8 Å². The van der Waals surface area contributed by atoms with Crippen LogP contribution in [0.5, 0.6) is 0 Å². The molecule has 0 bridgehead atoms. The lowest BCUT2D eigenvalue weighted by molar-refractivity contribution is -0.150. The van der Waals surface area contributed by atoms with Crippen molar-refractivity contribution in [3.63, 3.8) is 0 Å². The minimum absolute atomic E-state index is 0.0418. The summed E-state index contributed by atoms with van der Waals surface area (Å²) in [5.74, 6) is 0.511. The molecule has 2 amide bonds. The molecule has 1 heterocycles. The molecule has 1 unspecified atom stereocenters. The average molecular weight is 240 g/mol. The van der Waals surface area contributed by atoms with E-state index in [2.05, 4.69) is 19.2 Å². The molecule has 0 saturated carbocycles.